The number of fused-ring (bicyclic) bond motifs is 1. The summed E-state index contributed by atoms with van der Waals surface area (Å²) in [6.45, 7) is 1.78. The molecule has 6 nitrogen and oxygen atoms in total. The summed E-state index contributed by atoms with van der Waals surface area (Å²) in [5.74, 6) is -1.72. The Morgan fingerprint density at radius 3 is 2.03 bits per heavy atom. The standard InChI is InChI=1S/C27H20Cl2N2O4S/c1-15(25(32)31-20-13-17(28)12-18(29)14-20)36-21-10-8-19(9-11-21)30-26(33)22-6-2-4-16-5-3-7-23(24(16)22)27(34)35/h2-15H,1H3,(H,30,33)(H,31,32)(H,34,35). The predicted molar refractivity (Wildman–Crippen MR) is 146 cm³/mol. The fourth-order valence-corrected chi connectivity index (χ4v) is 5.04. The van der Waals surface area contributed by atoms with Crippen molar-refractivity contribution in [2.75, 3.05) is 10.6 Å². The number of carbonyl (C=O) groups excluding carboxylic acids is 2. The second-order valence-electron chi connectivity index (χ2n) is 7.90. The highest BCUT2D eigenvalue weighted by Gasteiger charge is 2.18. The quantitative estimate of drug-likeness (QED) is 0.216. The average molecular weight is 539 g/mol. The summed E-state index contributed by atoms with van der Waals surface area (Å²) in [5, 5.41) is 16.7. The molecule has 36 heavy (non-hydrogen) atoms. The SMILES string of the molecule is CC(Sc1ccc(NC(=O)c2cccc3cccc(C(=O)O)c23)cc1)C(=O)Nc1cc(Cl)cc(Cl)c1. The Labute approximate surface area is 221 Å². The predicted octanol–water partition coefficient (Wildman–Crippen LogP) is 7.22. The number of hydrogen-bond acceptors (Lipinski definition) is 4. The molecule has 0 saturated heterocycles. The maximum absolute atomic E-state index is 13.0. The van der Waals surface area contributed by atoms with Crippen molar-refractivity contribution in [2.24, 2.45) is 0 Å². The molecule has 4 aromatic rings. The van der Waals surface area contributed by atoms with Crippen molar-refractivity contribution in [3.63, 3.8) is 0 Å². The zero-order valence-corrected chi connectivity index (χ0v) is 21.2. The molecule has 0 aromatic heterocycles. The number of amides is 2. The van der Waals surface area contributed by atoms with Gasteiger partial charge in [0, 0.05) is 37.3 Å². The van der Waals surface area contributed by atoms with Gasteiger partial charge < -0.3 is 15.7 Å². The minimum atomic E-state index is -1.10. The fraction of sp³-hybridized carbons (Fsp3) is 0.0741. The van der Waals surface area contributed by atoms with E-state index < -0.39 is 17.1 Å². The van der Waals surface area contributed by atoms with Gasteiger partial charge in [0.05, 0.1) is 10.8 Å². The smallest absolute Gasteiger partial charge is 0.336 e. The fourth-order valence-electron chi connectivity index (χ4n) is 3.65. The molecular weight excluding hydrogens is 519 g/mol. The lowest BCUT2D eigenvalue weighted by atomic mass is 9.98. The average Bonchev–Trinajstić information content (AvgIpc) is 2.83. The van der Waals surface area contributed by atoms with Crippen molar-refractivity contribution in [3.05, 3.63) is 100 Å². The van der Waals surface area contributed by atoms with Crippen LogP contribution in [-0.4, -0.2) is 28.1 Å². The van der Waals surface area contributed by atoms with E-state index in [2.05, 4.69) is 10.6 Å². The van der Waals surface area contributed by atoms with E-state index in [0.717, 1.165) is 4.90 Å². The van der Waals surface area contributed by atoms with Crippen LogP contribution in [0.25, 0.3) is 10.8 Å². The van der Waals surface area contributed by atoms with Crippen molar-refractivity contribution < 1.29 is 19.5 Å². The molecule has 0 aliphatic heterocycles. The number of carboxylic acids is 1. The molecule has 0 heterocycles. The van der Waals surface area contributed by atoms with Crippen molar-refractivity contribution >= 4 is 74.9 Å². The van der Waals surface area contributed by atoms with Crippen molar-refractivity contribution in [3.8, 4) is 0 Å². The largest absolute Gasteiger partial charge is 0.478 e. The van der Waals surface area contributed by atoms with Gasteiger partial charge in [-0.3, -0.25) is 9.59 Å². The van der Waals surface area contributed by atoms with E-state index in [1.54, 1.807) is 79.7 Å². The minimum absolute atomic E-state index is 0.0670. The van der Waals surface area contributed by atoms with Gasteiger partial charge in [-0.1, -0.05) is 47.5 Å². The first-order valence-electron chi connectivity index (χ1n) is 10.8. The number of benzene rings is 4. The molecular formula is C27H20Cl2N2O4S. The summed E-state index contributed by atoms with van der Waals surface area (Å²) in [7, 11) is 0. The summed E-state index contributed by atoms with van der Waals surface area (Å²) in [4.78, 5) is 38.1. The third-order valence-electron chi connectivity index (χ3n) is 5.30. The molecule has 0 radical (unpaired) electrons. The van der Waals surface area contributed by atoms with Gasteiger partial charge >= 0.3 is 5.97 Å². The van der Waals surface area contributed by atoms with E-state index in [0.29, 0.717) is 32.2 Å². The highest BCUT2D eigenvalue weighted by molar-refractivity contribution is 8.00. The number of rotatable bonds is 7. The van der Waals surface area contributed by atoms with Crippen molar-refractivity contribution in [1.82, 2.24) is 0 Å². The third kappa shape index (κ3) is 5.99. The lowest BCUT2D eigenvalue weighted by Crippen LogP contribution is -2.22. The third-order valence-corrected chi connectivity index (χ3v) is 6.85. The Morgan fingerprint density at radius 1 is 0.806 bits per heavy atom. The molecule has 0 aliphatic carbocycles. The van der Waals surface area contributed by atoms with E-state index in [4.69, 9.17) is 23.2 Å². The van der Waals surface area contributed by atoms with Gasteiger partial charge in [-0.25, -0.2) is 4.79 Å². The van der Waals surface area contributed by atoms with Crippen molar-refractivity contribution in [2.45, 2.75) is 17.1 Å². The number of carbonyl (C=O) groups is 3. The normalized spacial score (nSPS) is 11.6. The summed E-state index contributed by atoms with van der Waals surface area (Å²) >= 11 is 13.3. The van der Waals surface area contributed by atoms with Gasteiger partial charge in [-0.05, 0) is 66.9 Å². The van der Waals surface area contributed by atoms with Crippen LogP contribution in [0.4, 0.5) is 11.4 Å². The number of halogens is 2. The second-order valence-corrected chi connectivity index (χ2v) is 10.2. The molecule has 1 unspecified atom stereocenters. The number of hydrogen-bond donors (Lipinski definition) is 3. The molecule has 4 aromatic carbocycles. The molecule has 3 N–H and O–H groups in total. The molecule has 0 saturated carbocycles. The van der Waals surface area contributed by atoms with Gasteiger partial charge in [0.1, 0.15) is 0 Å². The first kappa shape index (κ1) is 25.6. The first-order valence-corrected chi connectivity index (χ1v) is 12.4. The monoisotopic (exact) mass is 538 g/mol. The van der Waals surface area contributed by atoms with Crippen LogP contribution in [0.2, 0.25) is 10.0 Å². The number of thioether (sulfide) groups is 1. The van der Waals surface area contributed by atoms with Gasteiger partial charge in [0.2, 0.25) is 5.91 Å². The molecule has 2 amide bonds. The van der Waals surface area contributed by atoms with Crippen molar-refractivity contribution in [1.29, 1.82) is 0 Å². The van der Waals surface area contributed by atoms with Gasteiger partial charge in [0.25, 0.3) is 5.91 Å². The molecule has 0 spiro atoms. The van der Waals surface area contributed by atoms with Gasteiger partial charge in [-0.2, -0.15) is 0 Å². The van der Waals surface area contributed by atoms with Crippen LogP contribution >= 0.6 is 35.0 Å². The van der Waals surface area contributed by atoms with Crippen LogP contribution in [-0.2, 0) is 4.79 Å². The minimum Gasteiger partial charge on any atom is -0.478 e. The molecule has 0 bridgehead atoms. The summed E-state index contributed by atoms with van der Waals surface area (Å²) in [6.07, 6.45) is 0. The lowest BCUT2D eigenvalue weighted by molar-refractivity contribution is -0.115. The van der Waals surface area contributed by atoms with Crippen LogP contribution in [0.5, 0.6) is 0 Å². The van der Waals surface area contributed by atoms with Crippen LogP contribution in [0.15, 0.2) is 83.8 Å². The van der Waals surface area contributed by atoms with Crippen LogP contribution in [0.3, 0.4) is 0 Å². The Morgan fingerprint density at radius 2 is 1.42 bits per heavy atom. The summed E-state index contributed by atoms with van der Waals surface area (Å²) < 4.78 is 0. The maximum Gasteiger partial charge on any atom is 0.336 e. The molecule has 9 heteroatoms. The van der Waals surface area contributed by atoms with E-state index in [-0.39, 0.29) is 17.0 Å². The molecule has 0 fully saturated rings. The zero-order chi connectivity index (χ0) is 25.8. The van der Waals surface area contributed by atoms with E-state index in [9.17, 15) is 19.5 Å². The molecule has 4 rings (SSSR count). The van der Waals surface area contributed by atoms with Crippen LogP contribution < -0.4 is 10.6 Å². The number of anilines is 2. The number of carboxylic acid groups (broad SMARTS) is 1. The Hall–Kier alpha value is -3.52. The van der Waals surface area contributed by atoms with E-state index in [1.165, 1.54) is 17.8 Å². The highest BCUT2D eigenvalue weighted by atomic mass is 35.5. The summed E-state index contributed by atoms with van der Waals surface area (Å²) in [5.41, 5.74) is 1.40. The van der Waals surface area contributed by atoms with Crippen LogP contribution in [0.1, 0.15) is 27.6 Å². The highest BCUT2D eigenvalue weighted by Crippen LogP contribution is 2.28. The Bertz CT molecular complexity index is 1450. The van der Waals surface area contributed by atoms with E-state index in [1.807, 2.05) is 0 Å². The van der Waals surface area contributed by atoms with E-state index >= 15 is 0 Å². The second kappa shape index (κ2) is 11.0. The Balaban J connectivity index is 1.44. The van der Waals surface area contributed by atoms with Gasteiger partial charge in [0.15, 0.2) is 0 Å². The zero-order valence-electron chi connectivity index (χ0n) is 18.9. The summed E-state index contributed by atoms with van der Waals surface area (Å²) in [6, 6.07) is 21.8. The van der Waals surface area contributed by atoms with Crippen LogP contribution in [0, 0.1) is 0 Å². The molecule has 1 atom stereocenters. The number of nitrogens with one attached hydrogen (secondary N) is 2. The van der Waals surface area contributed by atoms with Gasteiger partial charge in [-0.15, -0.1) is 11.8 Å². The molecule has 182 valence electrons. The number of aromatic carboxylic acids is 1. The topological polar surface area (TPSA) is 95.5 Å². The Kier molecular flexibility index (Phi) is 7.84. The first-order chi connectivity index (χ1) is 17.2. The maximum atomic E-state index is 13.0. The lowest BCUT2D eigenvalue weighted by Gasteiger charge is -2.13. The molecule has 0 aliphatic rings.